The van der Waals surface area contributed by atoms with Crippen LogP contribution in [0.2, 0.25) is 0 Å². The van der Waals surface area contributed by atoms with Crippen LogP contribution in [-0.2, 0) is 0 Å². The molecule has 0 amide bonds. The van der Waals surface area contributed by atoms with Crippen LogP contribution in [0.3, 0.4) is 0 Å². The molecule has 0 spiro atoms. The second-order valence-corrected chi connectivity index (χ2v) is 8.19. The third-order valence-corrected chi connectivity index (χ3v) is 5.97. The second-order valence-electron chi connectivity index (χ2n) is 7.23. The molecule has 2 heterocycles. The van der Waals surface area contributed by atoms with E-state index in [0.29, 0.717) is 12.6 Å². The Balaban J connectivity index is 1.55. The van der Waals surface area contributed by atoms with E-state index >= 15 is 0 Å². The zero-order chi connectivity index (χ0) is 18.1. The highest BCUT2D eigenvalue weighted by atomic mass is 79.9. The van der Waals surface area contributed by atoms with E-state index in [-0.39, 0.29) is 0 Å². The normalized spacial score (nSPS) is 18.1. The lowest BCUT2D eigenvalue weighted by Gasteiger charge is -2.38. The predicted molar refractivity (Wildman–Crippen MR) is 112 cm³/mol. The number of piperazine rings is 1. The summed E-state index contributed by atoms with van der Waals surface area (Å²) in [6, 6.07) is 17.9. The van der Waals surface area contributed by atoms with Crippen LogP contribution in [0.4, 0.5) is 5.69 Å². The third-order valence-electron chi connectivity index (χ3n) is 5.35. The first-order valence-corrected chi connectivity index (χ1v) is 10.1. The Morgan fingerprint density at radius 1 is 0.923 bits per heavy atom. The highest BCUT2D eigenvalue weighted by Gasteiger charge is 2.21. The van der Waals surface area contributed by atoms with Gasteiger partial charge in [0.15, 0.2) is 0 Å². The standard InChI is InChI=1S/C22H25BrN2O/c1-16(2)24-11-13-25(14-12-24)18-9-7-17(8-10-18)22-19-5-3-4-6-21(19)26-15-20(22)23/h3-10,16H,11-15H2,1-2H3. The lowest BCUT2D eigenvalue weighted by atomic mass is 9.95. The number of nitrogens with zero attached hydrogens (tertiary/aromatic N) is 2. The number of fused-ring (bicyclic) bond motifs is 1. The number of halogens is 1. The molecular weight excluding hydrogens is 388 g/mol. The van der Waals surface area contributed by atoms with Crippen LogP contribution in [0.15, 0.2) is 53.0 Å². The van der Waals surface area contributed by atoms with Crippen LogP contribution in [0, 0.1) is 0 Å². The number of anilines is 1. The van der Waals surface area contributed by atoms with Crippen molar-refractivity contribution < 1.29 is 4.74 Å². The summed E-state index contributed by atoms with van der Waals surface area (Å²) in [6.45, 7) is 9.62. The van der Waals surface area contributed by atoms with Gasteiger partial charge in [0.1, 0.15) is 12.4 Å². The molecule has 26 heavy (non-hydrogen) atoms. The molecule has 0 aliphatic carbocycles. The van der Waals surface area contributed by atoms with Gasteiger partial charge < -0.3 is 9.64 Å². The zero-order valence-corrected chi connectivity index (χ0v) is 17.0. The summed E-state index contributed by atoms with van der Waals surface area (Å²) < 4.78 is 6.92. The van der Waals surface area contributed by atoms with E-state index in [4.69, 9.17) is 4.74 Å². The lowest BCUT2D eigenvalue weighted by molar-refractivity contribution is 0.209. The fraction of sp³-hybridized carbons (Fsp3) is 0.364. The van der Waals surface area contributed by atoms with Crippen molar-refractivity contribution in [3.05, 3.63) is 64.1 Å². The molecule has 2 aromatic carbocycles. The minimum Gasteiger partial charge on any atom is -0.488 e. The van der Waals surface area contributed by atoms with Crippen molar-refractivity contribution >= 4 is 27.2 Å². The maximum absolute atomic E-state index is 5.82. The van der Waals surface area contributed by atoms with Gasteiger partial charge in [0.05, 0.1) is 0 Å². The van der Waals surface area contributed by atoms with Crippen molar-refractivity contribution in [2.75, 3.05) is 37.7 Å². The van der Waals surface area contributed by atoms with Crippen molar-refractivity contribution in [3.8, 4) is 5.75 Å². The maximum Gasteiger partial charge on any atom is 0.127 e. The van der Waals surface area contributed by atoms with Crippen LogP contribution >= 0.6 is 15.9 Å². The fourth-order valence-electron chi connectivity index (χ4n) is 3.81. The topological polar surface area (TPSA) is 15.7 Å². The van der Waals surface area contributed by atoms with Crippen molar-refractivity contribution in [1.82, 2.24) is 4.90 Å². The van der Waals surface area contributed by atoms with Gasteiger partial charge in [-0.2, -0.15) is 0 Å². The van der Waals surface area contributed by atoms with Crippen LogP contribution in [-0.4, -0.2) is 43.7 Å². The van der Waals surface area contributed by atoms with Gasteiger partial charge in [-0.3, -0.25) is 4.90 Å². The summed E-state index contributed by atoms with van der Waals surface area (Å²) in [6.07, 6.45) is 0. The van der Waals surface area contributed by atoms with Crippen molar-refractivity contribution in [2.45, 2.75) is 19.9 Å². The highest BCUT2D eigenvalue weighted by Crippen LogP contribution is 2.39. The van der Waals surface area contributed by atoms with E-state index < -0.39 is 0 Å². The number of hydrogen-bond acceptors (Lipinski definition) is 3. The molecule has 0 atom stereocenters. The van der Waals surface area contributed by atoms with Crippen LogP contribution in [0.1, 0.15) is 25.0 Å². The molecule has 0 unspecified atom stereocenters. The summed E-state index contributed by atoms with van der Waals surface area (Å²) in [5, 5.41) is 0. The molecule has 3 nitrogen and oxygen atoms in total. The molecule has 0 aromatic heterocycles. The summed E-state index contributed by atoms with van der Waals surface area (Å²) in [7, 11) is 0. The monoisotopic (exact) mass is 412 g/mol. The Labute approximate surface area is 164 Å². The average molecular weight is 413 g/mol. The van der Waals surface area contributed by atoms with Crippen molar-refractivity contribution in [3.63, 3.8) is 0 Å². The second kappa shape index (κ2) is 7.45. The number of benzene rings is 2. The number of hydrogen-bond donors (Lipinski definition) is 0. The number of ether oxygens (including phenoxy) is 1. The molecule has 136 valence electrons. The van der Waals surface area contributed by atoms with E-state index in [9.17, 15) is 0 Å². The van der Waals surface area contributed by atoms with Gasteiger partial charge in [-0.05, 0) is 37.6 Å². The first kappa shape index (κ1) is 17.6. The van der Waals surface area contributed by atoms with E-state index in [1.807, 2.05) is 12.1 Å². The molecule has 1 fully saturated rings. The van der Waals surface area contributed by atoms with E-state index in [1.165, 1.54) is 16.8 Å². The minimum atomic E-state index is 0.589. The summed E-state index contributed by atoms with van der Waals surface area (Å²) >= 11 is 3.72. The highest BCUT2D eigenvalue weighted by molar-refractivity contribution is 9.11. The summed E-state index contributed by atoms with van der Waals surface area (Å²) in [5.41, 5.74) is 4.94. The minimum absolute atomic E-state index is 0.589. The SMILES string of the molecule is CC(C)N1CCN(c2ccc(C3=C(Br)COc4ccccc43)cc2)CC1. The fourth-order valence-corrected chi connectivity index (χ4v) is 4.36. The first-order valence-electron chi connectivity index (χ1n) is 9.34. The van der Waals surface area contributed by atoms with Crippen molar-refractivity contribution in [1.29, 1.82) is 0 Å². The van der Waals surface area contributed by atoms with Gasteiger partial charge in [-0.15, -0.1) is 0 Å². The Hall–Kier alpha value is -1.78. The molecule has 0 N–H and O–H groups in total. The Morgan fingerprint density at radius 3 is 2.31 bits per heavy atom. The molecule has 0 bridgehead atoms. The van der Waals surface area contributed by atoms with Crippen LogP contribution in [0.5, 0.6) is 5.75 Å². The zero-order valence-electron chi connectivity index (χ0n) is 15.4. The lowest BCUT2D eigenvalue weighted by Crippen LogP contribution is -2.48. The third kappa shape index (κ3) is 3.40. The molecule has 0 saturated carbocycles. The van der Waals surface area contributed by atoms with Crippen LogP contribution < -0.4 is 9.64 Å². The molecule has 4 heteroatoms. The molecule has 2 aromatic rings. The van der Waals surface area contributed by atoms with Gasteiger partial charge in [-0.1, -0.05) is 46.3 Å². The summed E-state index contributed by atoms with van der Waals surface area (Å²) in [5.74, 6) is 0.958. The van der Waals surface area contributed by atoms with Gasteiger partial charge in [0, 0.05) is 53.5 Å². The molecule has 1 saturated heterocycles. The molecule has 2 aliphatic rings. The van der Waals surface area contributed by atoms with Gasteiger partial charge >= 0.3 is 0 Å². The summed E-state index contributed by atoms with van der Waals surface area (Å²) in [4.78, 5) is 5.04. The van der Waals surface area contributed by atoms with Gasteiger partial charge in [0.2, 0.25) is 0 Å². The smallest absolute Gasteiger partial charge is 0.127 e. The number of para-hydroxylation sites is 1. The first-order chi connectivity index (χ1) is 12.6. The van der Waals surface area contributed by atoms with E-state index in [1.54, 1.807) is 0 Å². The quantitative estimate of drug-likeness (QED) is 0.722. The Bertz CT molecular complexity index is 805. The largest absolute Gasteiger partial charge is 0.488 e. The molecular formula is C22H25BrN2O. The van der Waals surface area contributed by atoms with E-state index in [2.05, 4.69) is 76.0 Å². The number of rotatable bonds is 3. The van der Waals surface area contributed by atoms with Crippen molar-refractivity contribution in [2.24, 2.45) is 0 Å². The molecule has 0 radical (unpaired) electrons. The average Bonchev–Trinajstić information content (AvgIpc) is 2.68. The Morgan fingerprint density at radius 2 is 1.62 bits per heavy atom. The van der Waals surface area contributed by atoms with Crippen LogP contribution in [0.25, 0.3) is 5.57 Å². The predicted octanol–water partition coefficient (Wildman–Crippen LogP) is 4.76. The Kier molecular flexibility index (Phi) is 5.05. The van der Waals surface area contributed by atoms with Gasteiger partial charge in [-0.25, -0.2) is 0 Å². The molecule has 4 rings (SSSR count). The van der Waals surface area contributed by atoms with Gasteiger partial charge in [0.25, 0.3) is 0 Å². The molecule has 2 aliphatic heterocycles. The van der Waals surface area contributed by atoms with E-state index in [0.717, 1.165) is 42.0 Å². The maximum atomic E-state index is 5.82.